The normalized spacial score (nSPS) is 12.3. The van der Waals surface area contributed by atoms with E-state index in [0.717, 1.165) is 10.6 Å². The average Bonchev–Trinajstić information content (AvgIpc) is 3.25. The van der Waals surface area contributed by atoms with Crippen molar-refractivity contribution in [1.82, 2.24) is 4.98 Å². The maximum Gasteiger partial charge on any atom is 0.338 e. The Morgan fingerprint density at radius 2 is 1.83 bits per heavy atom. The molecule has 0 bridgehead atoms. The first kappa shape index (κ1) is 19.1. The molecule has 0 radical (unpaired) electrons. The van der Waals surface area contributed by atoms with Crippen LogP contribution in [0.1, 0.15) is 16.1 Å². The molecule has 3 aromatic rings. The van der Waals surface area contributed by atoms with E-state index in [1.54, 1.807) is 32.4 Å². The predicted octanol–water partition coefficient (Wildman–Crippen LogP) is 3.96. The van der Waals surface area contributed by atoms with E-state index in [0.29, 0.717) is 47.5 Å². The molecule has 0 aliphatic carbocycles. The Kier molecular flexibility index (Phi) is 5.53. The Balaban J connectivity index is 1.42. The molecule has 29 heavy (non-hydrogen) atoms. The van der Waals surface area contributed by atoms with Gasteiger partial charge < -0.3 is 23.7 Å². The zero-order chi connectivity index (χ0) is 20.2. The van der Waals surface area contributed by atoms with E-state index in [4.69, 9.17) is 23.7 Å². The quantitative estimate of drug-likeness (QED) is 0.566. The van der Waals surface area contributed by atoms with Gasteiger partial charge in [0, 0.05) is 10.9 Å². The summed E-state index contributed by atoms with van der Waals surface area (Å²) in [4.78, 5) is 16.9. The summed E-state index contributed by atoms with van der Waals surface area (Å²) in [6.45, 7) is 1.04. The Labute approximate surface area is 171 Å². The minimum Gasteiger partial charge on any atom is -0.493 e. The zero-order valence-corrected chi connectivity index (χ0v) is 16.8. The van der Waals surface area contributed by atoms with Gasteiger partial charge in [-0.05, 0) is 36.4 Å². The zero-order valence-electron chi connectivity index (χ0n) is 16.0. The van der Waals surface area contributed by atoms with Crippen LogP contribution in [-0.4, -0.2) is 38.4 Å². The summed E-state index contributed by atoms with van der Waals surface area (Å²) in [6.07, 6.45) is 0. The maximum absolute atomic E-state index is 12.4. The molecule has 7 nitrogen and oxygen atoms in total. The number of hydrogen-bond acceptors (Lipinski definition) is 8. The molecule has 8 heteroatoms. The van der Waals surface area contributed by atoms with Crippen molar-refractivity contribution in [3.8, 4) is 33.6 Å². The summed E-state index contributed by atoms with van der Waals surface area (Å²) in [5, 5.41) is 2.67. The lowest BCUT2D eigenvalue weighted by molar-refractivity contribution is 0.0467. The molecule has 1 aliphatic heterocycles. The van der Waals surface area contributed by atoms with Gasteiger partial charge in [-0.3, -0.25) is 0 Å². The van der Waals surface area contributed by atoms with Gasteiger partial charge in [0.05, 0.1) is 25.5 Å². The minimum atomic E-state index is -0.442. The molecule has 0 saturated carbocycles. The largest absolute Gasteiger partial charge is 0.493 e. The molecule has 0 amide bonds. The molecule has 1 aromatic heterocycles. The summed E-state index contributed by atoms with van der Waals surface area (Å²) in [5.74, 6) is 2.03. The Hall–Kier alpha value is -3.26. The summed E-state index contributed by atoms with van der Waals surface area (Å²) in [5.41, 5.74) is 1.98. The topological polar surface area (TPSA) is 76.1 Å². The lowest BCUT2D eigenvalue weighted by Crippen LogP contribution is -2.16. The fourth-order valence-electron chi connectivity index (χ4n) is 2.87. The maximum atomic E-state index is 12.4. The SMILES string of the molecule is COc1ccc(-c2nc(COC(=O)c3ccc4c(c3)OCCO4)cs2)cc1OC. The third-order valence-corrected chi connectivity index (χ3v) is 5.25. The van der Waals surface area contributed by atoms with Crippen LogP contribution in [-0.2, 0) is 11.3 Å². The Morgan fingerprint density at radius 3 is 2.62 bits per heavy atom. The summed E-state index contributed by atoms with van der Waals surface area (Å²) >= 11 is 1.47. The van der Waals surface area contributed by atoms with Gasteiger partial charge in [-0.2, -0.15) is 0 Å². The van der Waals surface area contributed by atoms with E-state index in [2.05, 4.69) is 4.98 Å². The molecular weight excluding hydrogens is 394 g/mol. The van der Waals surface area contributed by atoms with Crippen molar-refractivity contribution >= 4 is 17.3 Å². The molecule has 0 spiro atoms. The van der Waals surface area contributed by atoms with Crippen molar-refractivity contribution in [2.24, 2.45) is 0 Å². The van der Waals surface area contributed by atoms with Crippen LogP contribution in [0.25, 0.3) is 10.6 Å². The first-order valence-electron chi connectivity index (χ1n) is 8.91. The molecule has 0 fully saturated rings. The highest BCUT2D eigenvalue weighted by Crippen LogP contribution is 2.34. The van der Waals surface area contributed by atoms with Gasteiger partial charge >= 0.3 is 5.97 Å². The van der Waals surface area contributed by atoms with Crippen LogP contribution in [0.3, 0.4) is 0 Å². The summed E-state index contributed by atoms with van der Waals surface area (Å²) in [7, 11) is 3.18. The number of methoxy groups -OCH3 is 2. The number of rotatable bonds is 6. The Bertz CT molecular complexity index is 1030. The molecule has 150 valence electrons. The smallest absolute Gasteiger partial charge is 0.338 e. The molecular formula is C21H19NO6S. The predicted molar refractivity (Wildman–Crippen MR) is 107 cm³/mol. The molecule has 2 aromatic carbocycles. The van der Waals surface area contributed by atoms with Gasteiger partial charge in [-0.15, -0.1) is 11.3 Å². The second kappa shape index (κ2) is 8.40. The van der Waals surface area contributed by atoms with E-state index in [1.807, 2.05) is 23.6 Å². The van der Waals surface area contributed by atoms with Gasteiger partial charge in [-0.1, -0.05) is 0 Å². The number of carbonyl (C=O) groups excluding carboxylic acids is 1. The number of aromatic nitrogens is 1. The van der Waals surface area contributed by atoms with Gasteiger partial charge in [-0.25, -0.2) is 9.78 Å². The Morgan fingerprint density at radius 1 is 1.03 bits per heavy atom. The highest BCUT2D eigenvalue weighted by Gasteiger charge is 2.16. The van der Waals surface area contributed by atoms with Gasteiger partial charge in [0.1, 0.15) is 24.8 Å². The van der Waals surface area contributed by atoms with Crippen LogP contribution >= 0.6 is 11.3 Å². The lowest BCUT2D eigenvalue weighted by Gasteiger charge is -2.18. The van der Waals surface area contributed by atoms with Crippen LogP contribution in [0.15, 0.2) is 41.8 Å². The fraction of sp³-hybridized carbons (Fsp3) is 0.238. The van der Waals surface area contributed by atoms with Crippen LogP contribution in [0.4, 0.5) is 0 Å². The fourth-order valence-corrected chi connectivity index (χ4v) is 3.67. The van der Waals surface area contributed by atoms with Gasteiger partial charge in [0.2, 0.25) is 0 Å². The number of thiazole rings is 1. The number of ether oxygens (including phenoxy) is 5. The van der Waals surface area contributed by atoms with Crippen LogP contribution in [0, 0.1) is 0 Å². The number of nitrogens with zero attached hydrogens (tertiary/aromatic N) is 1. The van der Waals surface area contributed by atoms with E-state index >= 15 is 0 Å². The van der Waals surface area contributed by atoms with Crippen molar-refractivity contribution < 1.29 is 28.5 Å². The first-order valence-corrected chi connectivity index (χ1v) is 9.79. The number of benzene rings is 2. The number of hydrogen-bond donors (Lipinski definition) is 0. The van der Waals surface area contributed by atoms with Gasteiger partial charge in [0.25, 0.3) is 0 Å². The standard InChI is InChI=1S/C21H19NO6S/c1-24-16-5-3-13(9-18(16)25-2)20-22-15(12-29-20)11-28-21(23)14-4-6-17-19(10-14)27-8-7-26-17/h3-6,9-10,12H,7-8,11H2,1-2H3. The van der Waals surface area contributed by atoms with Crippen LogP contribution in [0.2, 0.25) is 0 Å². The molecule has 2 heterocycles. The van der Waals surface area contributed by atoms with Crippen molar-refractivity contribution in [2.75, 3.05) is 27.4 Å². The third-order valence-electron chi connectivity index (χ3n) is 4.31. The van der Waals surface area contributed by atoms with Crippen molar-refractivity contribution in [2.45, 2.75) is 6.61 Å². The second-order valence-electron chi connectivity index (χ2n) is 6.15. The third kappa shape index (κ3) is 4.12. The highest BCUT2D eigenvalue weighted by molar-refractivity contribution is 7.13. The number of esters is 1. The average molecular weight is 413 g/mol. The van der Waals surface area contributed by atoms with Crippen molar-refractivity contribution in [3.63, 3.8) is 0 Å². The molecule has 1 aliphatic rings. The molecule has 0 unspecified atom stereocenters. The van der Waals surface area contributed by atoms with Crippen molar-refractivity contribution in [3.05, 3.63) is 53.0 Å². The summed E-state index contributed by atoms with van der Waals surface area (Å²) in [6, 6.07) is 10.6. The molecule has 0 saturated heterocycles. The van der Waals surface area contributed by atoms with Crippen molar-refractivity contribution in [1.29, 1.82) is 0 Å². The van der Waals surface area contributed by atoms with E-state index in [1.165, 1.54) is 11.3 Å². The number of fused-ring (bicyclic) bond motifs is 1. The molecule has 0 atom stereocenters. The van der Waals surface area contributed by atoms with Crippen LogP contribution in [0.5, 0.6) is 23.0 Å². The monoisotopic (exact) mass is 413 g/mol. The van der Waals surface area contributed by atoms with E-state index < -0.39 is 5.97 Å². The van der Waals surface area contributed by atoms with E-state index in [9.17, 15) is 4.79 Å². The second-order valence-corrected chi connectivity index (χ2v) is 7.01. The van der Waals surface area contributed by atoms with E-state index in [-0.39, 0.29) is 6.61 Å². The van der Waals surface area contributed by atoms with Gasteiger partial charge in [0.15, 0.2) is 23.0 Å². The minimum absolute atomic E-state index is 0.0804. The first-order chi connectivity index (χ1) is 14.2. The summed E-state index contributed by atoms with van der Waals surface area (Å²) < 4.78 is 27.0. The highest BCUT2D eigenvalue weighted by atomic mass is 32.1. The number of carbonyl (C=O) groups is 1. The molecule has 0 N–H and O–H groups in total. The van der Waals surface area contributed by atoms with Crippen LogP contribution < -0.4 is 18.9 Å². The molecule has 4 rings (SSSR count). The lowest BCUT2D eigenvalue weighted by atomic mass is 10.2.